The zero-order valence-corrected chi connectivity index (χ0v) is 10.2. The van der Waals surface area contributed by atoms with Crippen molar-refractivity contribution in [2.75, 3.05) is 13.1 Å². The van der Waals surface area contributed by atoms with E-state index in [9.17, 15) is 9.59 Å². The van der Waals surface area contributed by atoms with Crippen LogP contribution in [0.5, 0.6) is 0 Å². The highest BCUT2D eigenvalue weighted by atomic mass is 32.1. The van der Waals surface area contributed by atoms with Gasteiger partial charge in [-0.1, -0.05) is 18.3 Å². The van der Waals surface area contributed by atoms with Gasteiger partial charge in [0.1, 0.15) is 0 Å². The van der Waals surface area contributed by atoms with Crippen molar-refractivity contribution in [3.63, 3.8) is 0 Å². The van der Waals surface area contributed by atoms with Crippen LogP contribution in [-0.4, -0.2) is 45.2 Å². The number of aromatic carboxylic acids is 1. The maximum Gasteiger partial charge on any atom is 0.367 e. The smallest absolute Gasteiger partial charge is 0.367 e. The lowest BCUT2D eigenvalue weighted by Crippen LogP contribution is -2.37. The summed E-state index contributed by atoms with van der Waals surface area (Å²) in [6.07, 6.45) is 1.96. The predicted molar refractivity (Wildman–Crippen MR) is 61.2 cm³/mol. The van der Waals surface area contributed by atoms with Crippen molar-refractivity contribution in [3.8, 4) is 0 Å². The molecular formula is C10H13N3O3S. The van der Waals surface area contributed by atoms with Crippen LogP contribution in [0.4, 0.5) is 0 Å². The van der Waals surface area contributed by atoms with E-state index in [1.807, 2.05) is 0 Å². The number of carboxylic acid groups (broad SMARTS) is 1. The molecule has 0 unspecified atom stereocenters. The number of amides is 1. The molecule has 0 aliphatic carbocycles. The quantitative estimate of drug-likeness (QED) is 0.855. The Morgan fingerprint density at radius 2 is 1.88 bits per heavy atom. The lowest BCUT2D eigenvalue weighted by atomic mass is 9.99. The highest BCUT2D eigenvalue weighted by Crippen LogP contribution is 2.19. The maximum absolute atomic E-state index is 12.0. The average Bonchev–Trinajstić information content (AvgIpc) is 2.78. The van der Waals surface area contributed by atoms with Gasteiger partial charge in [-0.3, -0.25) is 4.79 Å². The summed E-state index contributed by atoms with van der Waals surface area (Å²) in [5.41, 5.74) is 0. The standard InChI is InChI=1S/C10H13N3O3S/c1-6-2-4-13(5-3-6)9(14)7-11-12-8(17-7)10(15)16/h6H,2-5H2,1H3,(H,15,16). The molecule has 0 saturated carbocycles. The number of likely N-dealkylation sites (tertiary alicyclic amines) is 1. The van der Waals surface area contributed by atoms with Crippen molar-refractivity contribution in [1.82, 2.24) is 15.1 Å². The Morgan fingerprint density at radius 1 is 1.29 bits per heavy atom. The van der Waals surface area contributed by atoms with E-state index in [4.69, 9.17) is 5.11 Å². The first-order valence-electron chi connectivity index (χ1n) is 5.44. The van der Waals surface area contributed by atoms with Crippen LogP contribution in [0.2, 0.25) is 0 Å². The molecule has 1 fully saturated rings. The van der Waals surface area contributed by atoms with E-state index in [1.54, 1.807) is 4.90 Å². The highest BCUT2D eigenvalue weighted by molar-refractivity contribution is 7.15. The van der Waals surface area contributed by atoms with Crippen LogP contribution in [0.1, 0.15) is 39.4 Å². The molecule has 0 bridgehead atoms. The Labute approximate surface area is 102 Å². The van der Waals surface area contributed by atoms with Crippen LogP contribution < -0.4 is 0 Å². The number of carboxylic acids is 1. The van der Waals surface area contributed by atoms with Gasteiger partial charge in [-0.2, -0.15) is 0 Å². The van der Waals surface area contributed by atoms with Crippen molar-refractivity contribution in [3.05, 3.63) is 10.0 Å². The minimum absolute atomic E-state index is 0.140. The number of carbonyl (C=O) groups is 2. The van der Waals surface area contributed by atoms with Crippen LogP contribution in [0, 0.1) is 5.92 Å². The fourth-order valence-corrected chi connectivity index (χ4v) is 2.39. The molecule has 1 saturated heterocycles. The summed E-state index contributed by atoms with van der Waals surface area (Å²) in [7, 11) is 0. The second-order valence-corrected chi connectivity index (χ2v) is 5.17. The second-order valence-electron chi connectivity index (χ2n) is 4.19. The predicted octanol–water partition coefficient (Wildman–Crippen LogP) is 1.11. The summed E-state index contributed by atoms with van der Waals surface area (Å²) in [4.78, 5) is 24.3. The van der Waals surface area contributed by atoms with Crippen LogP contribution in [-0.2, 0) is 0 Å². The van der Waals surface area contributed by atoms with Crippen molar-refractivity contribution in [2.24, 2.45) is 5.92 Å². The molecular weight excluding hydrogens is 242 g/mol. The third kappa shape index (κ3) is 2.60. The van der Waals surface area contributed by atoms with E-state index < -0.39 is 5.97 Å². The number of carbonyl (C=O) groups excluding carboxylic acids is 1. The third-order valence-corrected chi connectivity index (χ3v) is 3.76. The van der Waals surface area contributed by atoms with Crippen LogP contribution >= 0.6 is 11.3 Å². The summed E-state index contributed by atoms with van der Waals surface area (Å²) in [6, 6.07) is 0. The van der Waals surface area contributed by atoms with Crippen molar-refractivity contribution < 1.29 is 14.7 Å². The molecule has 17 heavy (non-hydrogen) atoms. The van der Waals surface area contributed by atoms with Crippen LogP contribution in [0.3, 0.4) is 0 Å². The van der Waals surface area contributed by atoms with Gasteiger partial charge in [0.25, 0.3) is 5.91 Å². The zero-order chi connectivity index (χ0) is 12.4. The average molecular weight is 255 g/mol. The number of hydrogen-bond acceptors (Lipinski definition) is 5. The summed E-state index contributed by atoms with van der Waals surface area (Å²) in [6.45, 7) is 3.58. The lowest BCUT2D eigenvalue weighted by molar-refractivity contribution is 0.0685. The largest absolute Gasteiger partial charge is 0.476 e. The van der Waals surface area contributed by atoms with Gasteiger partial charge in [0, 0.05) is 13.1 Å². The van der Waals surface area contributed by atoms with Gasteiger partial charge in [-0.15, -0.1) is 10.2 Å². The molecule has 1 aromatic rings. The highest BCUT2D eigenvalue weighted by Gasteiger charge is 2.25. The normalized spacial score (nSPS) is 17.1. The van der Waals surface area contributed by atoms with Gasteiger partial charge in [-0.25, -0.2) is 4.79 Å². The number of piperidine rings is 1. The van der Waals surface area contributed by atoms with Crippen molar-refractivity contribution >= 4 is 23.2 Å². The van der Waals surface area contributed by atoms with Gasteiger partial charge < -0.3 is 10.0 Å². The Kier molecular flexibility index (Phi) is 3.37. The van der Waals surface area contributed by atoms with Gasteiger partial charge in [0.2, 0.25) is 10.0 Å². The molecule has 92 valence electrons. The van der Waals surface area contributed by atoms with Crippen LogP contribution in [0.25, 0.3) is 0 Å². The minimum Gasteiger partial charge on any atom is -0.476 e. The summed E-state index contributed by atoms with van der Waals surface area (Å²) in [5, 5.41) is 15.8. The minimum atomic E-state index is -1.14. The number of nitrogens with zero attached hydrogens (tertiary/aromatic N) is 3. The first kappa shape index (κ1) is 12.0. The second kappa shape index (κ2) is 4.79. The fourth-order valence-electron chi connectivity index (χ4n) is 1.74. The monoisotopic (exact) mass is 255 g/mol. The molecule has 1 N–H and O–H groups in total. The number of aromatic nitrogens is 2. The molecule has 0 atom stereocenters. The Bertz CT molecular complexity index is 438. The summed E-state index contributed by atoms with van der Waals surface area (Å²) < 4.78 is 0. The molecule has 1 aliphatic heterocycles. The first-order chi connectivity index (χ1) is 8.08. The number of rotatable bonds is 2. The van der Waals surface area contributed by atoms with Gasteiger partial charge >= 0.3 is 5.97 Å². The van der Waals surface area contributed by atoms with Crippen LogP contribution in [0.15, 0.2) is 0 Å². The van der Waals surface area contributed by atoms with Crippen molar-refractivity contribution in [2.45, 2.75) is 19.8 Å². The molecule has 2 heterocycles. The molecule has 2 rings (SSSR count). The van der Waals surface area contributed by atoms with E-state index in [0.29, 0.717) is 19.0 Å². The van der Waals surface area contributed by atoms with Gasteiger partial charge in [0.15, 0.2) is 0 Å². The SMILES string of the molecule is CC1CCN(C(=O)c2nnc(C(=O)O)s2)CC1. The van der Waals surface area contributed by atoms with E-state index >= 15 is 0 Å². The molecule has 1 aromatic heterocycles. The Hall–Kier alpha value is -1.50. The first-order valence-corrected chi connectivity index (χ1v) is 6.25. The summed E-state index contributed by atoms with van der Waals surface area (Å²) in [5.74, 6) is -0.709. The Morgan fingerprint density at radius 3 is 2.41 bits per heavy atom. The van der Waals surface area contributed by atoms with E-state index in [-0.39, 0.29) is 15.9 Å². The topological polar surface area (TPSA) is 83.4 Å². The summed E-state index contributed by atoms with van der Waals surface area (Å²) >= 11 is 0.831. The van der Waals surface area contributed by atoms with Crippen molar-refractivity contribution in [1.29, 1.82) is 0 Å². The van der Waals surface area contributed by atoms with Gasteiger partial charge in [-0.05, 0) is 18.8 Å². The molecule has 0 aromatic carbocycles. The molecule has 0 spiro atoms. The van der Waals surface area contributed by atoms with Gasteiger partial charge in [0.05, 0.1) is 0 Å². The van der Waals surface area contributed by atoms with E-state index in [1.165, 1.54) is 0 Å². The maximum atomic E-state index is 12.0. The number of hydrogen-bond donors (Lipinski definition) is 1. The van der Waals surface area contributed by atoms with E-state index in [2.05, 4.69) is 17.1 Å². The van der Waals surface area contributed by atoms with E-state index in [0.717, 1.165) is 24.2 Å². The lowest BCUT2D eigenvalue weighted by Gasteiger charge is -2.29. The molecule has 7 heteroatoms. The third-order valence-electron chi connectivity index (χ3n) is 2.86. The molecule has 1 aliphatic rings. The molecule has 1 amide bonds. The molecule has 6 nitrogen and oxygen atoms in total. The fraction of sp³-hybridized carbons (Fsp3) is 0.600. The Balaban J connectivity index is 2.06. The molecule has 0 radical (unpaired) electrons. The zero-order valence-electron chi connectivity index (χ0n) is 9.42.